The fourth-order valence-corrected chi connectivity index (χ4v) is 3.92. The molecule has 1 aromatic heterocycles. The van der Waals surface area contributed by atoms with Crippen LogP contribution < -0.4 is 0 Å². The molecule has 0 aliphatic carbocycles. The third-order valence-corrected chi connectivity index (χ3v) is 4.83. The highest BCUT2D eigenvalue weighted by molar-refractivity contribution is 7.91. The Labute approximate surface area is 101 Å². The lowest BCUT2D eigenvalue weighted by atomic mass is 10.4. The largest absolute Gasteiger partial charge is 0.298 e. The van der Waals surface area contributed by atoms with Gasteiger partial charge in [-0.25, -0.2) is 8.42 Å². The van der Waals surface area contributed by atoms with Crippen LogP contribution >= 0.6 is 11.3 Å². The molecular weight excluding hydrogens is 262 g/mol. The Morgan fingerprint density at radius 1 is 1.12 bits per heavy atom. The number of rotatable bonds is 3. The van der Waals surface area contributed by atoms with Crippen LogP contribution in [0.15, 0.2) is 50.9 Å². The summed E-state index contributed by atoms with van der Waals surface area (Å²) in [5, 5.41) is 13.2. The van der Waals surface area contributed by atoms with Crippen molar-refractivity contribution in [2.24, 2.45) is 0 Å². The standard InChI is InChI=1S/C10H7NO4S2/c12-11(13)9-6-16-7-10(9)17(14,15)8-4-2-1-3-5-8/h1-7H. The molecule has 0 aliphatic heterocycles. The average molecular weight is 269 g/mol. The van der Waals surface area contributed by atoms with E-state index in [9.17, 15) is 18.5 Å². The van der Waals surface area contributed by atoms with Gasteiger partial charge in [-0.1, -0.05) is 18.2 Å². The number of benzene rings is 1. The molecule has 0 fully saturated rings. The number of nitrogens with zero attached hydrogens (tertiary/aromatic N) is 1. The summed E-state index contributed by atoms with van der Waals surface area (Å²) in [4.78, 5) is 9.83. The predicted molar refractivity (Wildman–Crippen MR) is 62.9 cm³/mol. The summed E-state index contributed by atoms with van der Waals surface area (Å²) in [5.41, 5.74) is -0.376. The first-order chi connectivity index (χ1) is 8.03. The number of nitro groups is 1. The lowest BCUT2D eigenvalue weighted by Gasteiger charge is -2.01. The van der Waals surface area contributed by atoms with Crippen molar-refractivity contribution >= 4 is 26.9 Å². The van der Waals surface area contributed by atoms with Gasteiger partial charge in [-0.2, -0.15) is 0 Å². The van der Waals surface area contributed by atoms with Crippen LogP contribution in [0.25, 0.3) is 0 Å². The van der Waals surface area contributed by atoms with Gasteiger partial charge in [0.05, 0.1) is 15.2 Å². The van der Waals surface area contributed by atoms with Crippen LogP contribution in [0, 0.1) is 10.1 Å². The molecule has 0 saturated heterocycles. The zero-order valence-corrected chi connectivity index (χ0v) is 10.1. The fraction of sp³-hybridized carbons (Fsp3) is 0. The molecule has 1 heterocycles. The van der Waals surface area contributed by atoms with E-state index in [1.807, 2.05) is 0 Å². The smallest absolute Gasteiger partial charge is 0.258 e. The molecule has 0 saturated carbocycles. The van der Waals surface area contributed by atoms with Crippen molar-refractivity contribution < 1.29 is 13.3 Å². The van der Waals surface area contributed by atoms with Gasteiger partial charge in [0.1, 0.15) is 0 Å². The molecule has 2 aromatic rings. The van der Waals surface area contributed by atoms with E-state index >= 15 is 0 Å². The Kier molecular flexibility index (Phi) is 2.95. The molecule has 88 valence electrons. The van der Waals surface area contributed by atoms with Crippen molar-refractivity contribution in [3.8, 4) is 0 Å². The zero-order chi connectivity index (χ0) is 12.5. The molecule has 7 heteroatoms. The Bertz CT molecular complexity index is 646. The van der Waals surface area contributed by atoms with Crippen molar-refractivity contribution in [1.29, 1.82) is 0 Å². The minimum absolute atomic E-state index is 0.0569. The Morgan fingerprint density at radius 3 is 2.35 bits per heavy atom. The first kappa shape index (κ1) is 11.7. The maximum Gasteiger partial charge on any atom is 0.298 e. The minimum Gasteiger partial charge on any atom is -0.258 e. The number of thiophene rings is 1. The van der Waals surface area contributed by atoms with Crippen molar-refractivity contribution in [3.05, 3.63) is 51.2 Å². The van der Waals surface area contributed by atoms with E-state index < -0.39 is 14.8 Å². The van der Waals surface area contributed by atoms with E-state index in [0.717, 1.165) is 11.3 Å². The van der Waals surface area contributed by atoms with Gasteiger partial charge in [0.2, 0.25) is 9.84 Å². The van der Waals surface area contributed by atoms with E-state index in [1.165, 1.54) is 22.9 Å². The van der Waals surface area contributed by atoms with Gasteiger partial charge in [0.25, 0.3) is 5.69 Å². The first-order valence-corrected chi connectivity index (χ1v) is 6.97. The van der Waals surface area contributed by atoms with Crippen LogP contribution in [0.1, 0.15) is 0 Å². The maximum atomic E-state index is 12.1. The Morgan fingerprint density at radius 2 is 1.76 bits per heavy atom. The van der Waals surface area contributed by atoms with Gasteiger partial charge < -0.3 is 0 Å². The summed E-state index contributed by atoms with van der Waals surface area (Å²) in [6, 6.07) is 7.66. The number of hydrogen-bond acceptors (Lipinski definition) is 5. The molecule has 0 atom stereocenters. The van der Waals surface area contributed by atoms with E-state index in [-0.39, 0.29) is 15.5 Å². The summed E-state index contributed by atoms with van der Waals surface area (Å²) >= 11 is 0.995. The van der Waals surface area contributed by atoms with Gasteiger partial charge in [-0.3, -0.25) is 10.1 Å². The Balaban J connectivity index is 2.61. The third-order valence-electron chi connectivity index (χ3n) is 2.15. The van der Waals surface area contributed by atoms with Crippen molar-refractivity contribution in [2.45, 2.75) is 9.79 Å². The maximum absolute atomic E-state index is 12.1. The van der Waals surface area contributed by atoms with E-state index in [1.54, 1.807) is 18.2 Å². The van der Waals surface area contributed by atoms with Gasteiger partial charge in [-0.15, -0.1) is 11.3 Å². The molecule has 5 nitrogen and oxygen atoms in total. The zero-order valence-electron chi connectivity index (χ0n) is 8.44. The average Bonchev–Trinajstić information content (AvgIpc) is 2.80. The molecular formula is C10H7NO4S2. The molecule has 0 amide bonds. The van der Waals surface area contributed by atoms with Crippen LogP contribution in [-0.2, 0) is 9.84 Å². The lowest BCUT2D eigenvalue weighted by molar-refractivity contribution is -0.387. The minimum atomic E-state index is -3.80. The summed E-state index contributed by atoms with van der Waals surface area (Å²) in [6.45, 7) is 0. The monoisotopic (exact) mass is 269 g/mol. The summed E-state index contributed by atoms with van der Waals surface area (Å²) in [7, 11) is -3.80. The second kappa shape index (κ2) is 4.27. The molecule has 0 spiro atoms. The molecule has 0 bridgehead atoms. The van der Waals surface area contributed by atoms with E-state index in [4.69, 9.17) is 0 Å². The van der Waals surface area contributed by atoms with Gasteiger partial charge in [0, 0.05) is 5.38 Å². The van der Waals surface area contributed by atoms with E-state index in [2.05, 4.69) is 0 Å². The van der Waals surface area contributed by atoms with Gasteiger partial charge in [-0.05, 0) is 12.1 Å². The second-order valence-electron chi connectivity index (χ2n) is 3.19. The molecule has 0 N–H and O–H groups in total. The SMILES string of the molecule is O=[N+]([O-])c1cscc1S(=O)(=O)c1ccccc1. The molecule has 0 radical (unpaired) electrons. The molecule has 0 aliphatic rings. The number of sulfone groups is 1. The second-order valence-corrected chi connectivity index (χ2v) is 5.86. The van der Waals surface area contributed by atoms with Crippen molar-refractivity contribution in [1.82, 2.24) is 0 Å². The van der Waals surface area contributed by atoms with Gasteiger partial charge in [0.15, 0.2) is 4.90 Å². The van der Waals surface area contributed by atoms with Crippen LogP contribution in [0.2, 0.25) is 0 Å². The molecule has 1 aromatic carbocycles. The van der Waals surface area contributed by atoms with Crippen molar-refractivity contribution in [2.75, 3.05) is 0 Å². The predicted octanol–water partition coefficient (Wildman–Crippen LogP) is 2.49. The molecule has 17 heavy (non-hydrogen) atoms. The molecule has 2 rings (SSSR count). The van der Waals surface area contributed by atoms with Crippen molar-refractivity contribution in [3.63, 3.8) is 0 Å². The quantitative estimate of drug-likeness (QED) is 0.633. The number of hydrogen-bond donors (Lipinski definition) is 0. The topological polar surface area (TPSA) is 77.3 Å². The van der Waals surface area contributed by atoms with Crippen LogP contribution in [0.4, 0.5) is 5.69 Å². The Hall–Kier alpha value is -1.73. The summed E-state index contributed by atoms with van der Waals surface area (Å²) < 4.78 is 24.2. The normalized spacial score (nSPS) is 11.3. The van der Waals surface area contributed by atoms with Crippen LogP contribution in [-0.4, -0.2) is 13.3 Å². The first-order valence-electron chi connectivity index (χ1n) is 4.54. The highest BCUT2D eigenvalue weighted by Gasteiger charge is 2.28. The van der Waals surface area contributed by atoms with Crippen LogP contribution in [0.3, 0.4) is 0 Å². The van der Waals surface area contributed by atoms with Crippen LogP contribution in [0.5, 0.6) is 0 Å². The van der Waals surface area contributed by atoms with E-state index in [0.29, 0.717) is 0 Å². The highest BCUT2D eigenvalue weighted by atomic mass is 32.2. The van der Waals surface area contributed by atoms with Gasteiger partial charge >= 0.3 is 0 Å². The summed E-state index contributed by atoms with van der Waals surface area (Å²) in [5.74, 6) is 0. The fourth-order valence-electron chi connectivity index (χ4n) is 1.34. The molecule has 0 unspecified atom stereocenters. The summed E-state index contributed by atoms with van der Waals surface area (Å²) in [6.07, 6.45) is 0. The highest BCUT2D eigenvalue weighted by Crippen LogP contribution is 2.32. The third kappa shape index (κ3) is 2.06. The lowest BCUT2D eigenvalue weighted by Crippen LogP contribution is -2.03.